The van der Waals surface area contributed by atoms with Crippen LogP contribution in [0.25, 0.3) is 17.7 Å². The van der Waals surface area contributed by atoms with Crippen LogP contribution in [-0.2, 0) is 16.1 Å². The van der Waals surface area contributed by atoms with Gasteiger partial charge in [0.25, 0.3) is 17.5 Å². The molecule has 0 spiro atoms. The third-order valence-corrected chi connectivity index (χ3v) is 3.03. The van der Waals surface area contributed by atoms with Gasteiger partial charge in [-0.1, -0.05) is 12.1 Å². The highest BCUT2D eigenvalue weighted by Crippen LogP contribution is 2.18. The number of benzene rings is 1. The fraction of sp³-hybridized carbons (Fsp3) is 0.0625. The van der Waals surface area contributed by atoms with E-state index in [2.05, 4.69) is 10.2 Å². The number of nitro benzene ring substituents is 1. The summed E-state index contributed by atoms with van der Waals surface area (Å²) in [5, 5.41) is 18.2. The molecule has 0 saturated carbocycles. The summed E-state index contributed by atoms with van der Waals surface area (Å²) in [5.41, 5.74) is 0.441. The Bertz CT molecular complexity index is 914. The van der Waals surface area contributed by atoms with Gasteiger partial charge in [0.1, 0.15) is 0 Å². The zero-order valence-electron chi connectivity index (χ0n) is 12.7. The number of esters is 1. The molecule has 0 aliphatic rings. The number of rotatable bonds is 6. The topological polar surface area (TPSA) is 122 Å². The van der Waals surface area contributed by atoms with E-state index in [0.29, 0.717) is 11.3 Å². The van der Waals surface area contributed by atoms with Gasteiger partial charge in [0.05, 0.1) is 11.2 Å². The van der Waals surface area contributed by atoms with Gasteiger partial charge >= 0.3 is 5.97 Å². The SMILES string of the molecule is O=C(/C=C/c1cccc([N+](=O)[O-])c1)OCc1nnc(-c2ccco2)o1. The molecule has 0 N–H and O–H groups in total. The summed E-state index contributed by atoms with van der Waals surface area (Å²) in [6.07, 6.45) is 4.04. The minimum atomic E-state index is -0.649. The minimum absolute atomic E-state index is 0.0631. The van der Waals surface area contributed by atoms with Crippen LogP contribution in [0.1, 0.15) is 11.5 Å². The number of hydrogen-bond donors (Lipinski definition) is 0. The van der Waals surface area contributed by atoms with Gasteiger partial charge in [-0.2, -0.15) is 0 Å². The van der Waals surface area contributed by atoms with Gasteiger partial charge in [0, 0.05) is 18.2 Å². The van der Waals surface area contributed by atoms with Crippen molar-refractivity contribution in [3.8, 4) is 11.7 Å². The number of nitrogens with zero attached hydrogens (tertiary/aromatic N) is 3. The molecule has 0 aliphatic heterocycles. The lowest BCUT2D eigenvalue weighted by molar-refractivity contribution is -0.384. The van der Waals surface area contributed by atoms with Gasteiger partial charge in [-0.25, -0.2) is 4.79 Å². The molecule has 0 bridgehead atoms. The van der Waals surface area contributed by atoms with Crippen molar-refractivity contribution >= 4 is 17.7 Å². The summed E-state index contributed by atoms with van der Waals surface area (Å²) in [4.78, 5) is 21.9. The normalized spacial score (nSPS) is 10.9. The maximum atomic E-state index is 11.7. The molecule has 0 radical (unpaired) electrons. The molecule has 2 aromatic heterocycles. The van der Waals surface area contributed by atoms with E-state index in [1.165, 1.54) is 30.5 Å². The molecule has 0 fully saturated rings. The van der Waals surface area contributed by atoms with Crippen molar-refractivity contribution in [2.24, 2.45) is 0 Å². The summed E-state index contributed by atoms with van der Waals surface area (Å²) in [6, 6.07) is 9.20. The second kappa shape index (κ2) is 7.21. The lowest BCUT2D eigenvalue weighted by Crippen LogP contribution is -2.01. The second-order valence-corrected chi connectivity index (χ2v) is 4.77. The van der Waals surface area contributed by atoms with Crippen molar-refractivity contribution in [2.75, 3.05) is 0 Å². The Kier molecular flexibility index (Phi) is 4.65. The zero-order valence-corrected chi connectivity index (χ0v) is 12.7. The number of nitro groups is 1. The Labute approximate surface area is 140 Å². The number of aromatic nitrogens is 2. The first-order valence-electron chi connectivity index (χ1n) is 7.07. The summed E-state index contributed by atoms with van der Waals surface area (Å²) in [6.45, 7) is -0.203. The number of carbonyl (C=O) groups excluding carboxylic acids is 1. The molecular weight excluding hydrogens is 330 g/mol. The van der Waals surface area contributed by atoms with E-state index in [-0.39, 0.29) is 24.1 Å². The van der Waals surface area contributed by atoms with Crippen molar-refractivity contribution in [3.63, 3.8) is 0 Å². The summed E-state index contributed by atoms with van der Waals surface area (Å²) >= 11 is 0. The van der Waals surface area contributed by atoms with Crippen LogP contribution in [0.15, 0.2) is 57.6 Å². The Morgan fingerprint density at radius 3 is 2.92 bits per heavy atom. The van der Waals surface area contributed by atoms with E-state index in [9.17, 15) is 14.9 Å². The van der Waals surface area contributed by atoms with Gasteiger partial charge in [0.15, 0.2) is 12.4 Å². The quantitative estimate of drug-likeness (QED) is 0.290. The lowest BCUT2D eigenvalue weighted by Gasteiger charge is -1.97. The molecule has 0 atom stereocenters. The monoisotopic (exact) mass is 341 g/mol. The van der Waals surface area contributed by atoms with E-state index in [4.69, 9.17) is 13.6 Å². The van der Waals surface area contributed by atoms with Gasteiger partial charge in [-0.3, -0.25) is 10.1 Å². The fourth-order valence-corrected chi connectivity index (χ4v) is 1.90. The average Bonchev–Trinajstić information content (AvgIpc) is 3.29. The van der Waals surface area contributed by atoms with Crippen LogP contribution in [0.2, 0.25) is 0 Å². The smallest absolute Gasteiger partial charge is 0.331 e. The highest BCUT2D eigenvalue weighted by molar-refractivity contribution is 5.87. The molecule has 0 aliphatic carbocycles. The molecule has 126 valence electrons. The first-order valence-corrected chi connectivity index (χ1v) is 7.07. The molecule has 0 saturated heterocycles. The average molecular weight is 341 g/mol. The van der Waals surface area contributed by atoms with Crippen molar-refractivity contribution < 1.29 is 23.3 Å². The van der Waals surface area contributed by atoms with Crippen LogP contribution < -0.4 is 0 Å². The van der Waals surface area contributed by atoms with Gasteiger partial charge in [-0.15, -0.1) is 10.2 Å². The summed E-state index contributed by atoms with van der Waals surface area (Å²) in [5.74, 6) is 0.0617. The molecule has 9 nitrogen and oxygen atoms in total. The predicted octanol–water partition coefficient (Wildman–Crippen LogP) is 2.99. The number of non-ortho nitro benzene ring substituents is 1. The van der Waals surface area contributed by atoms with E-state index < -0.39 is 10.9 Å². The Hall–Kier alpha value is -3.75. The minimum Gasteiger partial charge on any atom is -0.459 e. The molecule has 3 rings (SSSR count). The van der Waals surface area contributed by atoms with Crippen LogP contribution in [0.4, 0.5) is 5.69 Å². The Morgan fingerprint density at radius 2 is 2.16 bits per heavy atom. The maximum absolute atomic E-state index is 11.7. The fourth-order valence-electron chi connectivity index (χ4n) is 1.90. The van der Waals surface area contributed by atoms with Crippen molar-refractivity contribution in [2.45, 2.75) is 6.61 Å². The number of carbonyl (C=O) groups is 1. The summed E-state index contributed by atoms with van der Waals surface area (Å²) in [7, 11) is 0. The molecule has 2 heterocycles. The summed E-state index contributed by atoms with van der Waals surface area (Å²) < 4.78 is 15.4. The molecule has 0 amide bonds. The highest BCUT2D eigenvalue weighted by atomic mass is 16.6. The Balaban J connectivity index is 1.56. The molecule has 9 heteroatoms. The first-order chi connectivity index (χ1) is 12.1. The third kappa shape index (κ3) is 4.16. The van der Waals surface area contributed by atoms with Crippen molar-refractivity contribution in [1.82, 2.24) is 10.2 Å². The maximum Gasteiger partial charge on any atom is 0.331 e. The second-order valence-electron chi connectivity index (χ2n) is 4.77. The van der Waals surface area contributed by atoms with Crippen LogP contribution in [0.5, 0.6) is 0 Å². The number of hydrogen-bond acceptors (Lipinski definition) is 8. The zero-order chi connectivity index (χ0) is 17.6. The molecule has 25 heavy (non-hydrogen) atoms. The number of ether oxygens (including phenoxy) is 1. The molecule has 3 aromatic rings. The highest BCUT2D eigenvalue weighted by Gasteiger charge is 2.12. The van der Waals surface area contributed by atoms with Crippen LogP contribution in [0, 0.1) is 10.1 Å². The third-order valence-electron chi connectivity index (χ3n) is 3.03. The van der Waals surface area contributed by atoms with Crippen molar-refractivity contribution in [3.05, 3.63) is 70.3 Å². The number of furan rings is 1. The van der Waals surface area contributed by atoms with Gasteiger partial charge < -0.3 is 13.6 Å². The Morgan fingerprint density at radius 1 is 1.28 bits per heavy atom. The van der Waals surface area contributed by atoms with E-state index >= 15 is 0 Å². The standard InChI is InChI=1S/C16H11N3O6/c20-15(7-6-11-3-1-4-12(9-11)19(21)22)24-10-14-17-18-16(25-14)13-5-2-8-23-13/h1-9H,10H2/b7-6+. The van der Waals surface area contributed by atoms with Crippen LogP contribution >= 0.6 is 0 Å². The van der Waals surface area contributed by atoms with Crippen LogP contribution in [0.3, 0.4) is 0 Å². The molecule has 0 unspecified atom stereocenters. The van der Waals surface area contributed by atoms with Gasteiger partial charge in [0.2, 0.25) is 0 Å². The lowest BCUT2D eigenvalue weighted by atomic mass is 10.2. The van der Waals surface area contributed by atoms with Gasteiger partial charge in [-0.05, 0) is 23.8 Å². The molecular formula is C16H11N3O6. The van der Waals surface area contributed by atoms with E-state index in [1.807, 2.05) is 0 Å². The van der Waals surface area contributed by atoms with Crippen LogP contribution in [-0.4, -0.2) is 21.1 Å². The molecule has 1 aromatic carbocycles. The predicted molar refractivity (Wildman–Crippen MR) is 83.9 cm³/mol. The first kappa shape index (κ1) is 16.1. The largest absolute Gasteiger partial charge is 0.459 e. The van der Waals surface area contributed by atoms with E-state index in [1.54, 1.807) is 18.2 Å². The van der Waals surface area contributed by atoms with E-state index in [0.717, 1.165) is 6.08 Å². The van der Waals surface area contributed by atoms with Crippen molar-refractivity contribution in [1.29, 1.82) is 0 Å².